The van der Waals surface area contributed by atoms with Gasteiger partial charge < -0.3 is 26.2 Å². The summed E-state index contributed by atoms with van der Waals surface area (Å²) in [4.78, 5) is 35.3. The summed E-state index contributed by atoms with van der Waals surface area (Å²) in [6.07, 6.45) is 14.0. The number of amides is 3. The number of aromatic nitrogens is 4. The normalized spacial score (nSPS) is 18.9. The summed E-state index contributed by atoms with van der Waals surface area (Å²) < 4.78 is 1.57. The lowest BCUT2D eigenvalue weighted by Gasteiger charge is -2.31. The molecule has 0 spiro atoms. The summed E-state index contributed by atoms with van der Waals surface area (Å²) in [5, 5.41) is 17.9. The van der Waals surface area contributed by atoms with Gasteiger partial charge in [-0.15, -0.1) is 11.5 Å². The molecule has 0 radical (unpaired) electrons. The Bertz CT molecular complexity index is 1370. The predicted molar refractivity (Wildman–Crippen MR) is 146 cm³/mol. The fourth-order valence-corrected chi connectivity index (χ4v) is 4.68. The molecule has 0 aliphatic heterocycles. The van der Waals surface area contributed by atoms with E-state index >= 15 is 0 Å². The Balaban J connectivity index is 1.30. The van der Waals surface area contributed by atoms with Crippen molar-refractivity contribution in [3.63, 3.8) is 0 Å². The van der Waals surface area contributed by atoms with E-state index in [4.69, 9.17) is 23.1 Å². The van der Waals surface area contributed by atoms with Gasteiger partial charge in [0, 0.05) is 43.1 Å². The third-order valence-electron chi connectivity index (χ3n) is 6.70. The van der Waals surface area contributed by atoms with E-state index < -0.39 is 0 Å². The quantitative estimate of drug-likeness (QED) is 0.256. The number of anilines is 3. The summed E-state index contributed by atoms with van der Waals surface area (Å²) >= 11 is 5.96. The molecule has 2 aliphatic rings. The van der Waals surface area contributed by atoms with Crippen LogP contribution in [0.5, 0.6) is 0 Å². The molecule has 3 aromatic heterocycles. The molecule has 3 aromatic rings. The number of rotatable bonds is 8. The SMILES string of the molecule is C#CCN(C)C(=O)NC1CCC(Nc2cc(NC3CC3)c3ncc(C(=O)Nc4ccnc(Cl)c4)n3n2)CC1. The maximum absolute atomic E-state index is 13.1. The number of hydrogen-bond donors (Lipinski definition) is 4. The second-order valence-corrected chi connectivity index (χ2v) is 10.2. The highest BCUT2D eigenvalue weighted by molar-refractivity contribution is 6.29. The van der Waals surface area contributed by atoms with Crippen LogP contribution >= 0.6 is 11.6 Å². The molecule has 2 fully saturated rings. The zero-order chi connectivity index (χ0) is 26.6. The van der Waals surface area contributed by atoms with E-state index in [1.807, 2.05) is 6.07 Å². The first kappa shape index (κ1) is 25.6. The first-order valence-corrected chi connectivity index (χ1v) is 13.1. The van der Waals surface area contributed by atoms with E-state index in [0.29, 0.717) is 28.9 Å². The summed E-state index contributed by atoms with van der Waals surface area (Å²) in [7, 11) is 1.69. The number of halogens is 1. The second-order valence-electron chi connectivity index (χ2n) is 9.76. The molecule has 2 saturated carbocycles. The lowest BCUT2D eigenvalue weighted by molar-refractivity contribution is 0.102. The van der Waals surface area contributed by atoms with E-state index in [1.54, 1.807) is 23.7 Å². The van der Waals surface area contributed by atoms with Crippen LogP contribution in [0.1, 0.15) is 49.0 Å². The highest BCUT2D eigenvalue weighted by Crippen LogP contribution is 2.30. The van der Waals surface area contributed by atoms with E-state index in [9.17, 15) is 9.59 Å². The van der Waals surface area contributed by atoms with Crippen LogP contribution < -0.4 is 21.3 Å². The molecule has 0 unspecified atom stereocenters. The topological polar surface area (TPSA) is 129 Å². The average molecular weight is 536 g/mol. The van der Waals surface area contributed by atoms with Gasteiger partial charge in [0.1, 0.15) is 11.0 Å². The molecule has 0 saturated heterocycles. The van der Waals surface area contributed by atoms with E-state index in [2.05, 4.69) is 37.2 Å². The van der Waals surface area contributed by atoms with Crippen LogP contribution in [0.2, 0.25) is 5.15 Å². The second kappa shape index (κ2) is 11.1. The van der Waals surface area contributed by atoms with Crippen molar-refractivity contribution in [2.45, 2.75) is 56.7 Å². The molecular weight excluding hydrogens is 506 g/mol. The van der Waals surface area contributed by atoms with E-state index in [-0.39, 0.29) is 35.7 Å². The van der Waals surface area contributed by atoms with Crippen LogP contribution in [0.4, 0.5) is 22.0 Å². The average Bonchev–Trinajstić information content (AvgIpc) is 3.60. The van der Waals surface area contributed by atoms with Gasteiger partial charge in [-0.3, -0.25) is 4.79 Å². The Kier molecular flexibility index (Phi) is 7.51. The number of nitrogens with zero attached hydrogens (tertiary/aromatic N) is 5. The number of terminal acetylenes is 1. The van der Waals surface area contributed by atoms with Gasteiger partial charge in [0.2, 0.25) is 0 Å². The lowest BCUT2D eigenvalue weighted by atomic mass is 9.91. The zero-order valence-corrected chi connectivity index (χ0v) is 21.8. The van der Waals surface area contributed by atoms with Gasteiger partial charge in [0.15, 0.2) is 11.3 Å². The number of pyridine rings is 1. The Morgan fingerprint density at radius 2 is 1.82 bits per heavy atom. The smallest absolute Gasteiger partial charge is 0.318 e. The minimum atomic E-state index is -0.354. The van der Waals surface area contributed by atoms with Gasteiger partial charge in [-0.1, -0.05) is 17.5 Å². The molecule has 0 atom stereocenters. The maximum Gasteiger partial charge on any atom is 0.318 e. The number of carbonyl (C=O) groups excluding carboxylic acids is 2. The first-order valence-electron chi connectivity index (χ1n) is 12.7. The minimum absolute atomic E-state index is 0.106. The number of imidazole rings is 1. The van der Waals surface area contributed by atoms with Crippen LogP contribution in [0, 0.1) is 12.3 Å². The van der Waals surface area contributed by atoms with Crippen LogP contribution in [0.25, 0.3) is 5.65 Å². The van der Waals surface area contributed by atoms with Crippen LogP contribution in [0.3, 0.4) is 0 Å². The molecule has 4 N–H and O–H groups in total. The van der Waals surface area contributed by atoms with Crippen LogP contribution in [-0.2, 0) is 0 Å². The number of fused-ring (bicyclic) bond motifs is 1. The number of nitrogens with one attached hydrogen (secondary N) is 4. The Hall–Kier alpha value is -4.04. The number of carbonyl (C=O) groups is 2. The molecule has 0 bridgehead atoms. The molecule has 5 rings (SSSR count). The van der Waals surface area contributed by atoms with Crippen LogP contribution in [-0.4, -0.2) is 68.1 Å². The predicted octanol–water partition coefficient (Wildman–Crippen LogP) is 3.60. The minimum Gasteiger partial charge on any atom is -0.379 e. The Labute approximate surface area is 225 Å². The van der Waals surface area contributed by atoms with Crippen molar-refractivity contribution < 1.29 is 9.59 Å². The van der Waals surface area contributed by atoms with Gasteiger partial charge in [-0.25, -0.2) is 19.3 Å². The van der Waals surface area contributed by atoms with Gasteiger partial charge in [-0.2, -0.15) is 0 Å². The molecule has 12 heteroatoms. The highest BCUT2D eigenvalue weighted by Gasteiger charge is 2.26. The maximum atomic E-state index is 13.1. The molecule has 11 nitrogen and oxygen atoms in total. The summed E-state index contributed by atoms with van der Waals surface area (Å²) in [6.45, 7) is 0.276. The monoisotopic (exact) mass is 535 g/mol. The summed E-state index contributed by atoms with van der Waals surface area (Å²) in [6, 6.07) is 5.73. The Morgan fingerprint density at radius 3 is 2.53 bits per heavy atom. The molecule has 198 valence electrons. The zero-order valence-electron chi connectivity index (χ0n) is 21.1. The fraction of sp³-hybridized carbons (Fsp3) is 0.423. The van der Waals surface area contributed by atoms with Crippen LogP contribution in [0.15, 0.2) is 30.6 Å². The molecule has 0 aromatic carbocycles. The third kappa shape index (κ3) is 6.08. The van der Waals surface area contributed by atoms with Gasteiger partial charge in [0.25, 0.3) is 5.91 Å². The highest BCUT2D eigenvalue weighted by atomic mass is 35.5. The molecular formula is C26H30ClN9O2. The number of hydrogen-bond acceptors (Lipinski definition) is 7. The standard InChI is InChI=1S/C26H30ClN9O2/c1-3-12-35(2)26(38)33-18-8-6-17(7-9-18)31-23-14-20(30-16-4-5-16)24-29-15-21(36(24)34-23)25(37)32-19-10-11-28-22(27)13-19/h1,10-11,13-18,30H,4-9,12H2,2H3,(H,31,34)(H,33,38)(H,28,32,37). The summed E-state index contributed by atoms with van der Waals surface area (Å²) in [5.41, 5.74) is 2.25. The fourth-order valence-electron chi connectivity index (χ4n) is 4.51. The van der Waals surface area contributed by atoms with Gasteiger partial charge in [0.05, 0.1) is 18.4 Å². The van der Waals surface area contributed by atoms with Gasteiger partial charge >= 0.3 is 6.03 Å². The Morgan fingerprint density at radius 1 is 1.11 bits per heavy atom. The lowest BCUT2D eigenvalue weighted by Crippen LogP contribution is -2.45. The molecule has 3 amide bonds. The van der Waals surface area contributed by atoms with E-state index in [0.717, 1.165) is 44.2 Å². The van der Waals surface area contributed by atoms with Crippen molar-refractivity contribution in [3.05, 3.63) is 41.4 Å². The molecule has 38 heavy (non-hydrogen) atoms. The largest absolute Gasteiger partial charge is 0.379 e. The van der Waals surface area contributed by atoms with Crippen molar-refractivity contribution >= 4 is 46.4 Å². The third-order valence-corrected chi connectivity index (χ3v) is 6.91. The van der Waals surface area contributed by atoms with Crippen molar-refractivity contribution in [1.29, 1.82) is 0 Å². The van der Waals surface area contributed by atoms with Crippen molar-refractivity contribution in [1.82, 2.24) is 29.8 Å². The molecule has 3 heterocycles. The van der Waals surface area contributed by atoms with Crippen molar-refractivity contribution in [2.24, 2.45) is 0 Å². The first-order chi connectivity index (χ1) is 18.4. The molecule has 2 aliphatic carbocycles. The number of urea groups is 1. The van der Waals surface area contributed by atoms with Crippen molar-refractivity contribution in [2.75, 3.05) is 29.5 Å². The van der Waals surface area contributed by atoms with E-state index in [1.165, 1.54) is 17.3 Å². The summed E-state index contributed by atoms with van der Waals surface area (Å²) in [5.74, 6) is 2.78. The van der Waals surface area contributed by atoms with Crippen molar-refractivity contribution in [3.8, 4) is 12.3 Å². The van der Waals surface area contributed by atoms with Gasteiger partial charge in [-0.05, 0) is 50.7 Å².